The number of ether oxygens (including phenoxy) is 6. The monoisotopic (exact) mass is 613 g/mol. The minimum atomic E-state index is -1.65. The third kappa shape index (κ3) is 6.49. The number of nitrogens with two attached hydrogens (primary N) is 5. The van der Waals surface area contributed by atoms with Crippen LogP contribution in [0.25, 0.3) is 0 Å². The van der Waals surface area contributed by atoms with Gasteiger partial charge in [-0.25, -0.2) is 0 Å². The molecule has 0 bridgehead atoms. The van der Waals surface area contributed by atoms with Gasteiger partial charge in [0.25, 0.3) is 0 Å². The number of aliphatic hydroxyl groups excluding tert-OH is 7. The van der Waals surface area contributed by atoms with Crippen molar-refractivity contribution in [2.45, 2.75) is 117 Å². The van der Waals surface area contributed by atoms with Crippen LogP contribution in [0.5, 0.6) is 0 Å². The van der Waals surface area contributed by atoms with Gasteiger partial charge in [-0.3, -0.25) is 4.79 Å². The minimum Gasteiger partial charge on any atom is -0.394 e. The molecule has 0 spiro atoms. The summed E-state index contributed by atoms with van der Waals surface area (Å²) >= 11 is 0. The number of hydrogen-bond acceptors (Lipinski definition) is 19. The summed E-state index contributed by atoms with van der Waals surface area (Å²) in [5, 5.41) is 71.9. The summed E-state index contributed by atoms with van der Waals surface area (Å²) in [6.45, 7) is -1.57. The number of hydrogen-bond donors (Lipinski definition) is 12. The van der Waals surface area contributed by atoms with Crippen LogP contribution in [0.4, 0.5) is 0 Å². The fourth-order valence-electron chi connectivity index (χ4n) is 5.58. The van der Waals surface area contributed by atoms with E-state index in [2.05, 4.69) is 0 Å². The molecular weight excluding hydrogens is 570 g/mol. The van der Waals surface area contributed by atoms with Gasteiger partial charge in [-0.05, 0) is 6.42 Å². The van der Waals surface area contributed by atoms with E-state index in [0.717, 1.165) is 0 Å². The summed E-state index contributed by atoms with van der Waals surface area (Å²) < 4.78 is 34.2. The molecule has 4 rings (SSSR count). The highest BCUT2D eigenvalue weighted by molar-refractivity contribution is 5.89. The molecule has 0 aromatic heterocycles. The number of carbonyl (C=O) groups is 1. The highest BCUT2D eigenvalue weighted by Gasteiger charge is 2.54. The Morgan fingerprint density at radius 2 is 1.24 bits per heavy atom. The Kier molecular flexibility index (Phi) is 11.2. The molecule has 19 nitrogen and oxygen atoms in total. The first-order valence-corrected chi connectivity index (χ1v) is 13.6. The second-order valence-electron chi connectivity index (χ2n) is 11.0. The van der Waals surface area contributed by atoms with Crippen LogP contribution < -0.4 is 28.7 Å². The molecule has 1 saturated carbocycles. The van der Waals surface area contributed by atoms with Gasteiger partial charge >= 0.3 is 0 Å². The second kappa shape index (κ2) is 13.9. The van der Waals surface area contributed by atoms with Crippen molar-refractivity contribution >= 4 is 5.78 Å². The van der Waals surface area contributed by atoms with Gasteiger partial charge in [0.15, 0.2) is 24.7 Å². The SMILES string of the molecule is NC[C@@H]1O[C@H](O[C@H]2[C@@H](O)[C@H](O[C@@H]3[C@@H](O)[C@H](N)C[C@H](N)[C@H]3O[C@H]3O[C@H](CO)[C@@H](O)[C@H](O)[C@H]3N)O[C@@H]2CO)[C@H](N)C(=O)[C@@H]1O. The van der Waals surface area contributed by atoms with Gasteiger partial charge in [-0.2, -0.15) is 0 Å². The zero-order valence-electron chi connectivity index (χ0n) is 22.6. The lowest BCUT2D eigenvalue weighted by Crippen LogP contribution is -2.68. The molecule has 4 aliphatic rings. The molecule has 0 amide bonds. The molecule has 1 aliphatic carbocycles. The summed E-state index contributed by atoms with van der Waals surface area (Å²) in [7, 11) is 0. The second-order valence-corrected chi connectivity index (χ2v) is 11.0. The Bertz CT molecular complexity index is 910. The topological polar surface area (TPSA) is 344 Å². The predicted molar refractivity (Wildman–Crippen MR) is 135 cm³/mol. The molecule has 0 aromatic rings. The first-order chi connectivity index (χ1) is 19.8. The highest BCUT2D eigenvalue weighted by atomic mass is 16.8. The first-order valence-electron chi connectivity index (χ1n) is 13.6. The van der Waals surface area contributed by atoms with Crippen LogP contribution in [0.15, 0.2) is 0 Å². The molecule has 3 heterocycles. The molecule has 0 aromatic carbocycles. The van der Waals surface area contributed by atoms with Crippen LogP contribution in [0, 0.1) is 0 Å². The van der Waals surface area contributed by atoms with Gasteiger partial charge < -0.3 is 92.8 Å². The Hall–Kier alpha value is -1.05. The van der Waals surface area contributed by atoms with Crippen LogP contribution in [-0.4, -0.2) is 171 Å². The third-order valence-electron chi connectivity index (χ3n) is 8.14. The molecule has 4 fully saturated rings. The Morgan fingerprint density at radius 1 is 0.667 bits per heavy atom. The highest BCUT2D eigenvalue weighted by Crippen LogP contribution is 2.34. The lowest BCUT2D eigenvalue weighted by atomic mass is 9.84. The van der Waals surface area contributed by atoms with Crippen molar-refractivity contribution in [1.29, 1.82) is 0 Å². The molecule has 42 heavy (non-hydrogen) atoms. The lowest BCUT2D eigenvalue weighted by Gasteiger charge is -2.47. The molecule has 3 saturated heterocycles. The van der Waals surface area contributed by atoms with E-state index < -0.39 is 129 Å². The third-order valence-corrected chi connectivity index (χ3v) is 8.14. The van der Waals surface area contributed by atoms with Crippen LogP contribution in [0.3, 0.4) is 0 Å². The summed E-state index contributed by atoms with van der Waals surface area (Å²) in [5.74, 6) is -0.791. The standard InChI is InChI=1S/C23H43N5O14/c24-2-7-13(32)15(34)10(27)21(37-7)41-19-9(4-30)39-23(17(19)36)42-20-12(31)5(25)1-6(26)18(20)40-22-11(28)16(35)14(33)8(3-29)38-22/h5-14,16-23,29-33,35-36H,1-4,24-28H2/t5-,6+,7+,8-,9-,10-,11-,12+,13-,14-,16-,17-,18-,19-,20-,21-,22-,23+/m1/s1. The van der Waals surface area contributed by atoms with Crippen LogP contribution >= 0.6 is 0 Å². The summed E-state index contributed by atoms with van der Waals surface area (Å²) in [4.78, 5) is 12.4. The molecule has 19 heteroatoms. The van der Waals surface area contributed by atoms with Crippen LogP contribution in [0.1, 0.15) is 6.42 Å². The van der Waals surface area contributed by atoms with E-state index in [4.69, 9.17) is 57.1 Å². The van der Waals surface area contributed by atoms with Gasteiger partial charge in [0, 0.05) is 18.6 Å². The fourth-order valence-corrected chi connectivity index (χ4v) is 5.58. The molecular formula is C23H43N5O14. The van der Waals surface area contributed by atoms with Crippen molar-refractivity contribution in [2.24, 2.45) is 28.7 Å². The van der Waals surface area contributed by atoms with Gasteiger partial charge in [0.1, 0.15) is 67.1 Å². The van der Waals surface area contributed by atoms with Crippen LogP contribution in [0.2, 0.25) is 0 Å². The molecule has 0 unspecified atom stereocenters. The predicted octanol–water partition coefficient (Wildman–Crippen LogP) is -8.65. The average molecular weight is 614 g/mol. The van der Waals surface area contributed by atoms with E-state index in [0.29, 0.717) is 0 Å². The molecule has 3 aliphatic heterocycles. The fraction of sp³-hybridized carbons (Fsp3) is 0.957. The molecule has 17 N–H and O–H groups in total. The van der Waals surface area contributed by atoms with Crippen molar-refractivity contribution in [1.82, 2.24) is 0 Å². The van der Waals surface area contributed by atoms with Gasteiger partial charge in [0.05, 0.1) is 25.4 Å². The maximum Gasteiger partial charge on any atom is 0.187 e. The largest absolute Gasteiger partial charge is 0.394 e. The summed E-state index contributed by atoms with van der Waals surface area (Å²) in [6, 6.07) is -4.52. The van der Waals surface area contributed by atoms with E-state index in [-0.39, 0.29) is 13.0 Å². The van der Waals surface area contributed by atoms with Crippen molar-refractivity contribution in [2.75, 3.05) is 19.8 Å². The minimum absolute atomic E-state index is 0.0560. The Labute approximate surface area is 240 Å². The maximum absolute atomic E-state index is 12.4. The van der Waals surface area contributed by atoms with E-state index in [9.17, 15) is 40.5 Å². The Balaban J connectivity index is 1.50. The van der Waals surface area contributed by atoms with E-state index in [1.807, 2.05) is 0 Å². The van der Waals surface area contributed by atoms with Crippen molar-refractivity contribution in [3.05, 3.63) is 0 Å². The lowest BCUT2D eigenvalue weighted by molar-refractivity contribution is -0.310. The first kappa shape index (κ1) is 33.8. The molecule has 244 valence electrons. The van der Waals surface area contributed by atoms with Crippen LogP contribution in [-0.2, 0) is 33.2 Å². The smallest absolute Gasteiger partial charge is 0.187 e. The number of aliphatic hydroxyl groups is 7. The summed E-state index contributed by atoms with van der Waals surface area (Å²) in [6.07, 6.45) is -19.6. The zero-order chi connectivity index (χ0) is 31.0. The van der Waals surface area contributed by atoms with Gasteiger partial charge in [-0.15, -0.1) is 0 Å². The van der Waals surface area contributed by atoms with Gasteiger partial charge in [-0.1, -0.05) is 0 Å². The van der Waals surface area contributed by atoms with Crippen molar-refractivity contribution in [3.63, 3.8) is 0 Å². The van der Waals surface area contributed by atoms with E-state index in [1.54, 1.807) is 0 Å². The Morgan fingerprint density at radius 3 is 1.86 bits per heavy atom. The van der Waals surface area contributed by atoms with Gasteiger partial charge in [0.2, 0.25) is 0 Å². The number of rotatable bonds is 9. The average Bonchev–Trinajstić information content (AvgIpc) is 3.27. The number of Topliss-reactive ketones (excluding diaryl/α,β-unsaturated/α-hetero) is 1. The molecule has 0 radical (unpaired) electrons. The van der Waals surface area contributed by atoms with E-state index >= 15 is 0 Å². The summed E-state index contributed by atoms with van der Waals surface area (Å²) in [5.41, 5.74) is 29.7. The maximum atomic E-state index is 12.4. The normalized spacial score (nSPS) is 52.0. The number of carbonyl (C=O) groups excluding carboxylic acids is 1. The zero-order valence-corrected chi connectivity index (χ0v) is 22.6. The van der Waals surface area contributed by atoms with Crippen molar-refractivity contribution < 1.29 is 69.0 Å². The number of ketones is 1. The molecule has 18 atom stereocenters. The van der Waals surface area contributed by atoms with E-state index in [1.165, 1.54) is 0 Å². The van der Waals surface area contributed by atoms with Crippen molar-refractivity contribution in [3.8, 4) is 0 Å². The quantitative estimate of drug-likeness (QED) is 0.115.